The van der Waals surface area contributed by atoms with Crippen LogP contribution in [-0.2, 0) is 28.6 Å². The maximum absolute atomic E-state index is 11.5. The van der Waals surface area contributed by atoms with Crippen LogP contribution in [0.25, 0.3) is 0 Å². The second kappa shape index (κ2) is 13.4. The second-order valence-electron chi connectivity index (χ2n) is 9.59. The van der Waals surface area contributed by atoms with E-state index in [2.05, 4.69) is 33.8 Å². The summed E-state index contributed by atoms with van der Waals surface area (Å²) in [6.07, 6.45) is 19.8. The van der Waals surface area contributed by atoms with Crippen LogP contribution in [0.1, 0.15) is 83.5 Å². The normalized spacial score (nSPS) is 25.9. The smallest absolute Gasteiger partial charge is 0.337 e. The highest BCUT2D eigenvalue weighted by Crippen LogP contribution is 2.45. The molecule has 1 spiro atoms. The van der Waals surface area contributed by atoms with Crippen LogP contribution in [0.3, 0.4) is 0 Å². The Morgan fingerprint density at radius 1 is 0.912 bits per heavy atom. The maximum atomic E-state index is 11.5. The minimum absolute atomic E-state index is 0.0971. The predicted octanol–water partition coefficient (Wildman–Crippen LogP) is 5.50. The Balaban J connectivity index is 0.000000241. The summed E-state index contributed by atoms with van der Waals surface area (Å²) in [6.45, 7) is 0. The number of esters is 3. The van der Waals surface area contributed by atoms with Gasteiger partial charge in [0.05, 0.1) is 33.3 Å². The van der Waals surface area contributed by atoms with Crippen molar-refractivity contribution in [1.82, 2.24) is 0 Å². The molecular weight excluding hydrogens is 436 g/mol. The van der Waals surface area contributed by atoms with Gasteiger partial charge in [-0.1, -0.05) is 24.3 Å². The molecule has 0 saturated heterocycles. The lowest BCUT2D eigenvalue weighted by atomic mass is 9.69. The Labute approximate surface area is 203 Å². The molecule has 34 heavy (non-hydrogen) atoms. The van der Waals surface area contributed by atoms with Gasteiger partial charge < -0.3 is 19.3 Å². The van der Waals surface area contributed by atoms with Crippen molar-refractivity contribution in [1.29, 1.82) is 0 Å². The van der Waals surface area contributed by atoms with Crippen LogP contribution in [0.5, 0.6) is 0 Å². The van der Waals surface area contributed by atoms with Crippen molar-refractivity contribution in [3.63, 3.8) is 0 Å². The molecule has 3 aliphatic rings. The first-order chi connectivity index (χ1) is 16.3. The quantitative estimate of drug-likeness (QED) is 0.294. The molecule has 3 aliphatic carbocycles. The number of ether oxygens (including phenoxy) is 3. The molecule has 7 nitrogen and oxygen atoms in total. The second-order valence-corrected chi connectivity index (χ2v) is 9.59. The minimum Gasteiger partial charge on any atom is -0.512 e. The van der Waals surface area contributed by atoms with Crippen LogP contribution in [-0.4, -0.2) is 44.3 Å². The van der Waals surface area contributed by atoms with E-state index in [1.165, 1.54) is 27.8 Å². The van der Waals surface area contributed by atoms with E-state index >= 15 is 0 Å². The molecule has 7 heteroatoms. The first kappa shape index (κ1) is 27.7. The van der Waals surface area contributed by atoms with Gasteiger partial charge in [-0.3, -0.25) is 9.59 Å². The number of aliphatic hydroxyl groups excluding tert-OH is 1. The molecule has 2 atom stereocenters. The average Bonchev–Trinajstić information content (AvgIpc) is 2.85. The molecule has 3 rings (SSSR count). The van der Waals surface area contributed by atoms with Crippen LogP contribution in [0.4, 0.5) is 0 Å². The Hall–Kier alpha value is -2.57. The zero-order chi connectivity index (χ0) is 25.0. The van der Waals surface area contributed by atoms with E-state index in [1.807, 2.05) is 0 Å². The van der Waals surface area contributed by atoms with E-state index in [0.29, 0.717) is 31.3 Å². The maximum Gasteiger partial charge on any atom is 0.337 e. The van der Waals surface area contributed by atoms with Gasteiger partial charge in [-0.25, -0.2) is 4.79 Å². The van der Waals surface area contributed by atoms with Gasteiger partial charge in [0, 0.05) is 12.8 Å². The number of carbonyl (C=O) groups excluding carboxylic acids is 3. The molecule has 0 unspecified atom stereocenters. The summed E-state index contributed by atoms with van der Waals surface area (Å²) in [5.41, 5.74) is 0.436. The fraction of sp³-hybridized carbons (Fsp3) is 0.667. The molecule has 0 heterocycles. The number of methoxy groups -OCH3 is 3. The van der Waals surface area contributed by atoms with E-state index in [-0.39, 0.29) is 34.5 Å². The minimum atomic E-state index is -0.382. The molecule has 0 aromatic heterocycles. The summed E-state index contributed by atoms with van der Waals surface area (Å²) < 4.78 is 14.0. The molecule has 190 valence electrons. The van der Waals surface area contributed by atoms with Crippen LogP contribution < -0.4 is 0 Å². The molecule has 0 fully saturated rings. The van der Waals surface area contributed by atoms with E-state index in [0.717, 1.165) is 51.4 Å². The third kappa shape index (κ3) is 8.03. The molecule has 0 aromatic carbocycles. The summed E-state index contributed by atoms with van der Waals surface area (Å²) in [7, 11) is 4.16. The third-order valence-corrected chi connectivity index (χ3v) is 7.21. The zero-order valence-corrected chi connectivity index (χ0v) is 20.9. The lowest BCUT2D eigenvalue weighted by molar-refractivity contribution is -0.143. The van der Waals surface area contributed by atoms with Gasteiger partial charge in [-0.05, 0) is 75.0 Å². The number of rotatable bonds is 7. The molecular formula is C27H40O7. The first-order valence-electron chi connectivity index (χ1n) is 12.3. The van der Waals surface area contributed by atoms with Gasteiger partial charge in [0.15, 0.2) is 0 Å². The number of aliphatic hydroxyl groups is 1. The Bertz CT molecular complexity index is 810. The lowest BCUT2D eigenvalue weighted by Gasteiger charge is -2.36. The van der Waals surface area contributed by atoms with Gasteiger partial charge in [0.1, 0.15) is 5.76 Å². The highest BCUT2D eigenvalue weighted by atomic mass is 16.5. The van der Waals surface area contributed by atoms with Gasteiger partial charge in [0.2, 0.25) is 0 Å². The lowest BCUT2D eigenvalue weighted by Crippen LogP contribution is -2.27. The Kier molecular flexibility index (Phi) is 10.9. The molecule has 0 saturated carbocycles. The summed E-state index contributed by atoms with van der Waals surface area (Å²) in [5, 5.41) is 9.93. The number of hydrogen-bond acceptors (Lipinski definition) is 7. The largest absolute Gasteiger partial charge is 0.512 e. The Morgan fingerprint density at radius 2 is 1.59 bits per heavy atom. The van der Waals surface area contributed by atoms with E-state index < -0.39 is 0 Å². The van der Waals surface area contributed by atoms with Gasteiger partial charge in [-0.2, -0.15) is 0 Å². The number of carbonyl (C=O) groups is 3. The third-order valence-electron chi connectivity index (χ3n) is 7.21. The van der Waals surface area contributed by atoms with Gasteiger partial charge in [0.25, 0.3) is 0 Å². The standard InChI is InChI=1S/C14H22O4.C13H18O3/c1-17-12(15)7-6-10-14(11-13(16)18-2)8-4-3-5-9-14;1-16-12(15)10-5-8-13(9-11(10)14)6-3-2-4-7-13/h4,8H,3,5-7,9-11H2,1-2H3;3,6,14H,2,4-5,7-9H2,1H3/t14-;13-/m11/s1. The molecule has 1 N–H and O–H groups in total. The van der Waals surface area contributed by atoms with Crippen molar-refractivity contribution in [2.45, 2.75) is 83.5 Å². The molecule has 0 radical (unpaired) electrons. The number of hydrogen-bond donors (Lipinski definition) is 1. The van der Waals surface area contributed by atoms with Crippen molar-refractivity contribution >= 4 is 17.9 Å². The van der Waals surface area contributed by atoms with Crippen molar-refractivity contribution in [3.8, 4) is 0 Å². The molecule has 0 aromatic rings. The summed E-state index contributed by atoms with van der Waals surface area (Å²) in [5.74, 6) is -0.528. The molecule has 0 bridgehead atoms. The van der Waals surface area contributed by atoms with Crippen LogP contribution in [0, 0.1) is 10.8 Å². The average molecular weight is 477 g/mol. The summed E-state index contributed by atoms with van der Waals surface area (Å²) in [4.78, 5) is 34.0. The van der Waals surface area contributed by atoms with E-state index in [1.54, 1.807) is 0 Å². The fourth-order valence-corrected chi connectivity index (χ4v) is 5.21. The highest BCUT2D eigenvalue weighted by Gasteiger charge is 2.36. The first-order valence-corrected chi connectivity index (χ1v) is 12.3. The Morgan fingerprint density at radius 3 is 2.12 bits per heavy atom. The summed E-state index contributed by atoms with van der Waals surface area (Å²) in [6, 6.07) is 0. The predicted molar refractivity (Wildman–Crippen MR) is 129 cm³/mol. The van der Waals surface area contributed by atoms with E-state index in [4.69, 9.17) is 4.74 Å². The fourth-order valence-electron chi connectivity index (χ4n) is 5.21. The summed E-state index contributed by atoms with van der Waals surface area (Å²) >= 11 is 0. The van der Waals surface area contributed by atoms with Gasteiger partial charge in [-0.15, -0.1) is 0 Å². The van der Waals surface area contributed by atoms with Crippen molar-refractivity contribution in [3.05, 3.63) is 35.6 Å². The van der Waals surface area contributed by atoms with Crippen LogP contribution in [0.15, 0.2) is 35.6 Å². The van der Waals surface area contributed by atoms with Crippen LogP contribution in [0.2, 0.25) is 0 Å². The highest BCUT2D eigenvalue weighted by molar-refractivity contribution is 5.89. The van der Waals surface area contributed by atoms with Crippen molar-refractivity contribution < 1.29 is 33.7 Å². The van der Waals surface area contributed by atoms with Crippen LogP contribution >= 0.6 is 0 Å². The molecule has 0 amide bonds. The van der Waals surface area contributed by atoms with Gasteiger partial charge >= 0.3 is 17.9 Å². The topological polar surface area (TPSA) is 99.1 Å². The van der Waals surface area contributed by atoms with E-state index in [9.17, 15) is 19.5 Å². The monoisotopic (exact) mass is 476 g/mol. The molecule has 0 aliphatic heterocycles. The van der Waals surface area contributed by atoms with Crippen molar-refractivity contribution in [2.24, 2.45) is 10.8 Å². The zero-order valence-electron chi connectivity index (χ0n) is 20.9. The van der Waals surface area contributed by atoms with Crippen molar-refractivity contribution in [2.75, 3.05) is 21.3 Å². The number of allylic oxidation sites excluding steroid dienone is 5. The SMILES string of the molecule is COC(=O)C1=C(O)C[C@@]2(C=CCCC2)CC1.COC(=O)CCC[C@@]1(CC(=O)OC)C=CCCC1.